The predicted molar refractivity (Wildman–Crippen MR) is 263 cm³/mol. The van der Waals surface area contributed by atoms with E-state index in [9.17, 15) is 27.2 Å². The van der Waals surface area contributed by atoms with Crippen molar-refractivity contribution in [3.63, 3.8) is 0 Å². The number of carboxylic acids is 1. The molecule has 0 bridgehead atoms. The van der Waals surface area contributed by atoms with Crippen LogP contribution in [-0.2, 0) is 9.47 Å². The van der Waals surface area contributed by atoms with E-state index in [0.29, 0.717) is 28.4 Å². The average molecular weight is 1050 g/mol. The largest absolute Gasteiger partial charge is 0.476 e. The number of aromatic nitrogens is 12. The van der Waals surface area contributed by atoms with E-state index >= 15 is 0 Å². The maximum atomic E-state index is 14.6. The number of pyridine rings is 2. The average Bonchev–Trinajstić information content (AvgIpc) is 4.23. The molecular weight excluding hydrogens is 1000 g/mol. The topological polar surface area (TPSA) is 255 Å². The molecule has 19 nitrogen and oxygen atoms in total. The van der Waals surface area contributed by atoms with Crippen LogP contribution in [-0.4, -0.2) is 102 Å². The van der Waals surface area contributed by atoms with Crippen LogP contribution in [0, 0.1) is 23.5 Å². The lowest BCUT2D eigenvalue weighted by Gasteiger charge is -2.28. The number of ether oxygens (including phenoxy) is 2. The maximum Gasteiger partial charge on any atom is 0.355 e. The Morgan fingerprint density at radius 2 is 1.17 bits per heavy atom. The summed E-state index contributed by atoms with van der Waals surface area (Å²) in [5.74, 6) is -4.46. The summed E-state index contributed by atoms with van der Waals surface area (Å²) in [6, 6.07) is 4.17. The first-order valence-electron chi connectivity index (χ1n) is 22.6. The van der Waals surface area contributed by atoms with Crippen LogP contribution in [0.5, 0.6) is 0 Å². The Morgan fingerprint density at radius 3 is 1.64 bits per heavy atom. The van der Waals surface area contributed by atoms with Crippen molar-refractivity contribution in [3.8, 4) is 43.9 Å². The summed E-state index contributed by atoms with van der Waals surface area (Å²) in [5.41, 5.74) is 8.13. The summed E-state index contributed by atoms with van der Waals surface area (Å²) in [6.45, 7) is 5.36. The molecule has 8 heterocycles. The van der Waals surface area contributed by atoms with Gasteiger partial charge in [0.05, 0.1) is 48.1 Å². The first kappa shape index (κ1) is 52.9. The molecule has 8 aromatic rings. The Balaban J connectivity index is 0.000000176. The molecule has 0 saturated heterocycles. The molecule has 2 aliphatic rings. The number of amides is 1. The van der Waals surface area contributed by atoms with Crippen molar-refractivity contribution in [1.29, 1.82) is 0 Å². The molecule has 0 aliphatic heterocycles. The van der Waals surface area contributed by atoms with Gasteiger partial charge in [0.2, 0.25) is 11.9 Å². The second-order valence-electron chi connectivity index (χ2n) is 16.3. The van der Waals surface area contributed by atoms with Gasteiger partial charge in [-0.05, 0) is 89.5 Å². The van der Waals surface area contributed by atoms with Crippen LogP contribution >= 0.6 is 35.1 Å². The number of nitrogens with zero attached hydrogens (tertiary/aromatic N) is 10. The second-order valence-corrected chi connectivity index (χ2v) is 18.0. The minimum Gasteiger partial charge on any atom is -0.476 e. The number of hydrogen-bond donors (Lipinski definition) is 5. The molecule has 72 heavy (non-hydrogen) atoms. The zero-order valence-electron chi connectivity index (χ0n) is 38.7. The highest BCUT2D eigenvalue weighted by molar-refractivity contribution is 7.13. The molecular formula is C46H49ClF4N14O5S2. The molecule has 10 rings (SSSR count). The summed E-state index contributed by atoms with van der Waals surface area (Å²) in [7, 11) is 0. The maximum absolute atomic E-state index is 14.6. The summed E-state index contributed by atoms with van der Waals surface area (Å²) in [6.07, 6.45) is 17.5. The molecule has 380 valence electrons. The van der Waals surface area contributed by atoms with Gasteiger partial charge in [-0.3, -0.25) is 24.4 Å². The van der Waals surface area contributed by atoms with Gasteiger partial charge in [0.1, 0.15) is 38.5 Å². The van der Waals surface area contributed by atoms with Crippen LogP contribution in [0.1, 0.15) is 98.3 Å². The molecule has 1 amide bonds. The van der Waals surface area contributed by atoms with Gasteiger partial charge in [0, 0.05) is 59.9 Å². The zero-order valence-corrected chi connectivity index (χ0v) is 41.1. The van der Waals surface area contributed by atoms with E-state index in [1.54, 1.807) is 51.9 Å². The van der Waals surface area contributed by atoms with Gasteiger partial charge in [-0.1, -0.05) is 0 Å². The number of carbonyl (C=O) groups is 2. The lowest BCUT2D eigenvalue weighted by molar-refractivity contribution is 0.0258. The first-order chi connectivity index (χ1) is 34.4. The number of rotatable bonds is 13. The Labute approximate surface area is 423 Å². The molecule has 0 spiro atoms. The molecule has 0 atom stereocenters. The number of H-pyrrole nitrogens is 2. The van der Waals surface area contributed by atoms with Crippen LogP contribution in [0.25, 0.3) is 43.9 Å². The monoisotopic (exact) mass is 1050 g/mol. The Hall–Kier alpha value is -6.93. The number of hydrogen-bond acceptors (Lipinski definition) is 15. The van der Waals surface area contributed by atoms with E-state index in [4.69, 9.17) is 20.3 Å². The van der Waals surface area contributed by atoms with Gasteiger partial charge in [-0.15, -0.1) is 35.1 Å². The Bertz CT molecular complexity index is 3020. The highest BCUT2D eigenvalue weighted by Crippen LogP contribution is 2.36. The van der Waals surface area contributed by atoms with E-state index in [-0.39, 0.29) is 70.4 Å². The van der Waals surface area contributed by atoms with Crippen LogP contribution in [0.3, 0.4) is 0 Å². The quantitative estimate of drug-likeness (QED) is 0.0532. The van der Waals surface area contributed by atoms with E-state index < -0.39 is 35.4 Å². The minimum atomic E-state index is -1.01. The normalized spacial score (nSPS) is 17.5. The number of thiazole rings is 2. The van der Waals surface area contributed by atoms with Gasteiger partial charge in [-0.25, -0.2) is 33.5 Å². The van der Waals surface area contributed by atoms with Crippen molar-refractivity contribution in [2.75, 3.05) is 24.3 Å². The molecule has 0 unspecified atom stereocenters. The third kappa shape index (κ3) is 12.9. The predicted octanol–water partition coefficient (Wildman–Crippen LogP) is 9.82. The van der Waals surface area contributed by atoms with Crippen molar-refractivity contribution in [3.05, 3.63) is 107 Å². The summed E-state index contributed by atoms with van der Waals surface area (Å²) < 4.78 is 70.5. The molecule has 2 aliphatic carbocycles. The highest BCUT2D eigenvalue weighted by atomic mass is 35.5. The van der Waals surface area contributed by atoms with E-state index in [1.165, 1.54) is 28.1 Å². The van der Waals surface area contributed by atoms with Gasteiger partial charge in [0.25, 0.3) is 5.91 Å². The van der Waals surface area contributed by atoms with Crippen LogP contribution in [0.4, 0.5) is 28.9 Å². The van der Waals surface area contributed by atoms with Crippen molar-refractivity contribution in [2.24, 2.45) is 0 Å². The highest BCUT2D eigenvalue weighted by Gasteiger charge is 2.28. The number of nitrogens with two attached hydrogens (primary N) is 1. The van der Waals surface area contributed by atoms with Gasteiger partial charge in [-0.2, -0.15) is 29.2 Å². The number of aromatic carboxylic acids is 1. The number of carboxylic acid groups (broad SMARTS) is 1. The number of aromatic amines is 2. The summed E-state index contributed by atoms with van der Waals surface area (Å²) in [4.78, 5) is 39.1. The number of nitrogen functional groups attached to an aromatic ring is 1. The van der Waals surface area contributed by atoms with Gasteiger partial charge < -0.3 is 25.6 Å². The Morgan fingerprint density at radius 1 is 0.694 bits per heavy atom. The van der Waals surface area contributed by atoms with Crippen LogP contribution in [0.2, 0.25) is 0 Å². The fourth-order valence-corrected chi connectivity index (χ4v) is 9.71. The summed E-state index contributed by atoms with van der Waals surface area (Å²) in [5, 5.41) is 37.7. The molecule has 0 aromatic carbocycles. The third-order valence-electron chi connectivity index (χ3n) is 11.6. The van der Waals surface area contributed by atoms with Crippen molar-refractivity contribution in [2.45, 2.75) is 89.5 Å². The molecule has 0 radical (unpaired) electrons. The van der Waals surface area contributed by atoms with Gasteiger partial charge >= 0.3 is 5.97 Å². The van der Waals surface area contributed by atoms with Crippen molar-refractivity contribution < 1.29 is 41.7 Å². The fraction of sp³-hybridized carbons (Fsp3) is 0.348. The SMILES string of the molecule is CCOC1CCC(n2cc(N)c(-c3nc(F)ccc3F)n2)CC1.CCOC1CCC(n2cc(NC(=O)c3csc(-c4cn[nH]c4)n3)c(-c3nc(F)ccc3F)n2)CC1.Cl.O=C(O)c1csc(-c2cn[nH]c2)n1. The molecule has 26 heteroatoms. The molecule has 2 saturated carbocycles. The lowest BCUT2D eigenvalue weighted by atomic mass is 9.93. The number of nitrogens with one attached hydrogen (secondary N) is 3. The zero-order chi connectivity index (χ0) is 50.0. The van der Waals surface area contributed by atoms with E-state index in [0.717, 1.165) is 93.4 Å². The molecule has 8 aromatic heterocycles. The lowest BCUT2D eigenvalue weighted by Crippen LogP contribution is -2.24. The van der Waals surface area contributed by atoms with Gasteiger partial charge in [0.15, 0.2) is 17.3 Å². The Kier molecular flexibility index (Phi) is 18.0. The minimum absolute atomic E-state index is 0. The number of anilines is 2. The smallest absolute Gasteiger partial charge is 0.355 e. The number of carbonyl (C=O) groups excluding carboxylic acids is 1. The third-order valence-corrected chi connectivity index (χ3v) is 13.4. The standard InChI is InChI=1S/C23H23F2N7O2S.C16H20F2N4O.C7H5N3O2S.ClH/c1-2-34-15-5-3-14(4-6-15)32-11-17(21(31-32)20-16(24)7-8-19(25)30-20)28-22(33)18-12-35-23(29-18)13-9-26-27-10-13;1-2-23-11-5-3-10(4-6-11)22-9-13(19)16(21-22)15-12(17)7-8-14(18)20-15;11-7(12)5-3-13-6(10-5)4-1-8-9-2-4;/h7-12,14-15H,2-6H2,1H3,(H,26,27)(H,28,33);7-11H,2-6,19H2,1H3;1-3H,(H,8,9)(H,11,12);1H. The van der Waals surface area contributed by atoms with E-state index in [2.05, 4.69) is 55.8 Å². The van der Waals surface area contributed by atoms with E-state index in [1.807, 2.05) is 13.8 Å². The first-order valence-corrected chi connectivity index (χ1v) is 24.4. The van der Waals surface area contributed by atoms with Crippen LogP contribution < -0.4 is 11.1 Å². The fourth-order valence-electron chi connectivity index (χ4n) is 8.15. The van der Waals surface area contributed by atoms with Crippen LogP contribution in [0.15, 0.2) is 72.2 Å². The second kappa shape index (κ2) is 24.5. The molecule has 2 fully saturated rings. The number of halogens is 5. The van der Waals surface area contributed by atoms with Crippen molar-refractivity contribution >= 4 is 58.3 Å². The van der Waals surface area contributed by atoms with Crippen molar-refractivity contribution in [1.82, 2.24) is 59.9 Å². The molecule has 6 N–H and O–H groups in total. The summed E-state index contributed by atoms with van der Waals surface area (Å²) >= 11 is 2.58.